The molecule has 0 heterocycles. The van der Waals surface area contributed by atoms with Gasteiger partial charge in [0, 0.05) is 0 Å². The van der Waals surface area contributed by atoms with Gasteiger partial charge in [0.25, 0.3) is 0 Å². The van der Waals surface area contributed by atoms with Gasteiger partial charge in [0.15, 0.2) is 0 Å². The number of halogens is 1. The number of nitrogens with zero attached hydrogens (tertiary/aromatic N) is 1. The van der Waals surface area contributed by atoms with Crippen molar-refractivity contribution in [3.63, 3.8) is 0 Å². The van der Waals surface area contributed by atoms with Gasteiger partial charge in [-0.15, -0.1) is 0 Å². The van der Waals surface area contributed by atoms with Crippen LogP contribution in [0, 0.1) is 11.3 Å². The number of rotatable bonds is 4. The molecular weight excluding hydrogens is 276 g/mol. The van der Waals surface area contributed by atoms with Crippen LogP contribution in [0.25, 0.3) is 0 Å². The Labute approximate surface area is 110 Å². The number of ketones is 1. The van der Waals surface area contributed by atoms with Crippen molar-refractivity contribution in [1.82, 2.24) is 4.72 Å². The highest BCUT2D eigenvalue weighted by atomic mass is 35.5. The van der Waals surface area contributed by atoms with E-state index in [9.17, 15) is 13.2 Å². The van der Waals surface area contributed by atoms with Gasteiger partial charge >= 0.3 is 0 Å². The average molecular weight is 287 g/mol. The van der Waals surface area contributed by atoms with Gasteiger partial charge in [-0.25, -0.2) is 13.1 Å². The van der Waals surface area contributed by atoms with Gasteiger partial charge in [0.05, 0.1) is 22.7 Å². The average Bonchev–Trinajstić information content (AvgIpc) is 2.27. The van der Waals surface area contributed by atoms with E-state index in [1.807, 2.05) is 6.07 Å². The number of carbonyl (C=O) groups excluding carboxylic acids is 1. The highest BCUT2D eigenvalue weighted by Crippen LogP contribution is 2.22. The smallest absolute Gasteiger partial charge is 0.242 e. The molecule has 0 aliphatic carbocycles. The molecule has 1 rings (SSSR count). The minimum absolute atomic E-state index is 0.0581. The summed E-state index contributed by atoms with van der Waals surface area (Å²) in [7, 11) is -3.87. The number of nitriles is 1. The fraction of sp³-hybridized carbons (Fsp3) is 0.273. The standard InChI is InChI=1S/C11H11ClN2O3S/c1-7(8(2)15)14-18(16,17)11-4-3-9(6-13)5-10(11)12/h3-5,7,14H,1-2H3. The molecule has 1 unspecified atom stereocenters. The van der Waals surface area contributed by atoms with Crippen molar-refractivity contribution in [3.8, 4) is 6.07 Å². The Morgan fingerprint density at radius 1 is 1.50 bits per heavy atom. The SMILES string of the molecule is CC(=O)C(C)NS(=O)(=O)c1ccc(C#N)cc1Cl. The van der Waals surface area contributed by atoms with Gasteiger partial charge in [0.1, 0.15) is 10.7 Å². The topological polar surface area (TPSA) is 87.0 Å². The quantitative estimate of drug-likeness (QED) is 0.908. The number of Topliss-reactive ketones (excluding diaryl/α,β-unsaturated/α-hetero) is 1. The molecule has 1 aromatic rings. The number of sulfonamides is 1. The largest absolute Gasteiger partial charge is 0.298 e. The summed E-state index contributed by atoms with van der Waals surface area (Å²) in [5.41, 5.74) is 0.263. The molecule has 1 atom stereocenters. The van der Waals surface area contributed by atoms with Crippen molar-refractivity contribution in [1.29, 1.82) is 5.26 Å². The summed E-state index contributed by atoms with van der Waals surface area (Å²) < 4.78 is 26.1. The van der Waals surface area contributed by atoms with E-state index in [0.29, 0.717) is 0 Å². The minimum Gasteiger partial charge on any atom is -0.298 e. The summed E-state index contributed by atoms with van der Waals surface area (Å²) in [6.45, 7) is 2.73. The summed E-state index contributed by atoms with van der Waals surface area (Å²) in [6.07, 6.45) is 0. The fourth-order valence-corrected chi connectivity index (χ4v) is 2.97. The molecular formula is C11H11ClN2O3S. The van der Waals surface area contributed by atoms with E-state index in [4.69, 9.17) is 16.9 Å². The first-order chi connectivity index (χ1) is 8.27. The number of benzene rings is 1. The lowest BCUT2D eigenvalue weighted by atomic mass is 10.2. The predicted molar refractivity (Wildman–Crippen MR) is 66.6 cm³/mol. The summed E-state index contributed by atoms with van der Waals surface area (Å²) in [5, 5.41) is 8.60. The molecule has 0 aliphatic heterocycles. The van der Waals surface area contributed by atoms with Crippen molar-refractivity contribution in [2.75, 3.05) is 0 Å². The van der Waals surface area contributed by atoms with Crippen molar-refractivity contribution in [3.05, 3.63) is 28.8 Å². The highest BCUT2D eigenvalue weighted by Gasteiger charge is 2.22. The van der Waals surface area contributed by atoms with Crippen LogP contribution in [0.5, 0.6) is 0 Å². The molecule has 0 amide bonds. The van der Waals surface area contributed by atoms with E-state index in [1.165, 1.54) is 32.0 Å². The van der Waals surface area contributed by atoms with Crippen LogP contribution in [0.15, 0.2) is 23.1 Å². The molecule has 0 aliphatic rings. The van der Waals surface area contributed by atoms with Gasteiger partial charge in [-0.3, -0.25) is 4.79 Å². The van der Waals surface area contributed by atoms with Gasteiger partial charge in [-0.1, -0.05) is 11.6 Å². The molecule has 0 saturated carbocycles. The molecule has 0 bridgehead atoms. The van der Waals surface area contributed by atoms with E-state index in [-0.39, 0.29) is 21.3 Å². The van der Waals surface area contributed by atoms with Crippen molar-refractivity contribution < 1.29 is 13.2 Å². The third-order valence-electron chi connectivity index (χ3n) is 2.29. The molecule has 0 radical (unpaired) electrons. The van der Waals surface area contributed by atoms with E-state index < -0.39 is 16.1 Å². The lowest BCUT2D eigenvalue weighted by molar-refractivity contribution is -0.118. The lowest BCUT2D eigenvalue weighted by Gasteiger charge is -2.12. The van der Waals surface area contributed by atoms with Crippen molar-refractivity contribution in [2.24, 2.45) is 0 Å². The first-order valence-corrected chi connectivity index (χ1v) is 6.86. The molecule has 7 heteroatoms. The highest BCUT2D eigenvalue weighted by molar-refractivity contribution is 7.89. The van der Waals surface area contributed by atoms with Crippen LogP contribution in [0.2, 0.25) is 5.02 Å². The second-order valence-corrected chi connectivity index (χ2v) is 5.80. The Balaban J connectivity index is 3.14. The normalized spacial score (nSPS) is 12.8. The molecule has 0 saturated heterocycles. The fourth-order valence-electron chi connectivity index (χ4n) is 1.17. The maximum absolute atomic E-state index is 11.9. The summed E-state index contributed by atoms with van der Waals surface area (Å²) in [4.78, 5) is 10.9. The zero-order valence-corrected chi connectivity index (χ0v) is 11.3. The molecule has 0 spiro atoms. The third-order valence-corrected chi connectivity index (χ3v) is 4.32. The predicted octanol–water partition coefficient (Wildman–Crippen LogP) is 1.47. The first-order valence-electron chi connectivity index (χ1n) is 5.00. The monoisotopic (exact) mass is 286 g/mol. The molecule has 18 heavy (non-hydrogen) atoms. The molecule has 1 aromatic carbocycles. The van der Waals surface area contributed by atoms with E-state index in [0.717, 1.165) is 0 Å². The molecule has 0 fully saturated rings. The Morgan fingerprint density at radius 3 is 2.56 bits per heavy atom. The summed E-state index contributed by atoms with van der Waals surface area (Å²) in [6, 6.07) is 4.86. The Hall–Kier alpha value is -1.42. The van der Waals surface area contributed by atoms with Gasteiger partial charge in [-0.05, 0) is 32.0 Å². The van der Waals surface area contributed by atoms with Crippen molar-refractivity contribution in [2.45, 2.75) is 24.8 Å². The summed E-state index contributed by atoms with van der Waals surface area (Å²) in [5.74, 6) is -0.302. The Kier molecular flexibility index (Phi) is 4.46. The van der Waals surface area contributed by atoms with Gasteiger partial charge in [-0.2, -0.15) is 5.26 Å². The number of nitrogens with one attached hydrogen (secondary N) is 1. The second-order valence-electron chi connectivity index (χ2n) is 3.71. The lowest BCUT2D eigenvalue weighted by Crippen LogP contribution is -2.37. The number of hydrogen-bond acceptors (Lipinski definition) is 4. The van der Waals surface area contributed by atoms with Crippen molar-refractivity contribution >= 4 is 27.4 Å². The Morgan fingerprint density at radius 2 is 2.11 bits per heavy atom. The van der Waals surface area contributed by atoms with Crippen LogP contribution in [0.4, 0.5) is 0 Å². The zero-order chi connectivity index (χ0) is 13.9. The molecule has 0 aromatic heterocycles. The zero-order valence-electron chi connectivity index (χ0n) is 9.77. The maximum atomic E-state index is 11.9. The van der Waals surface area contributed by atoms with Crippen LogP contribution in [-0.2, 0) is 14.8 Å². The van der Waals surface area contributed by atoms with E-state index in [2.05, 4.69) is 4.72 Å². The van der Waals surface area contributed by atoms with Gasteiger partial charge in [0.2, 0.25) is 10.0 Å². The van der Waals surface area contributed by atoms with Crippen LogP contribution in [0.1, 0.15) is 19.4 Å². The molecule has 5 nitrogen and oxygen atoms in total. The van der Waals surface area contributed by atoms with Crippen LogP contribution in [0.3, 0.4) is 0 Å². The third kappa shape index (κ3) is 3.29. The van der Waals surface area contributed by atoms with Crippen LogP contribution >= 0.6 is 11.6 Å². The number of hydrogen-bond donors (Lipinski definition) is 1. The molecule has 96 valence electrons. The Bertz CT molecular complexity index is 620. The number of carbonyl (C=O) groups is 1. The van der Waals surface area contributed by atoms with E-state index in [1.54, 1.807) is 0 Å². The minimum atomic E-state index is -3.87. The van der Waals surface area contributed by atoms with Crippen LogP contribution in [-0.4, -0.2) is 20.2 Å². The van der Waals surface area contributed by atoms with E-state index >= 15 is 0 Å². The van der Waals surface area contributed by atoms with Crippen LogP contribution < -0.4 is 4.72 Å². The maximum Gasteiger partial charge on any atom is 0.242 e. The summed E-state index contributed by atoms with van der Waals surface area (Å²) >= 11 is 5.80. The first kappa shape index (κ1) is 14.6. The second kappa shape index (κ2) is 5.48. The van der Waals surface area contributed by atoms with Gasteiger partial charge < -0.3 is 0 Å². The molecule has 1 N–H and O–H groups in total.